The Morgan fingerprint density at radius 2 is 1.75 bits per heavy atom. The van der Waals surface area contributed by atoms with Gasteiger partial charge < -0.3 is 15.5 Å². The molecule has 1 rings (SSSR count). The standard InChI is InChI=1S/C31H47NO4/c1-21(10-9-11-29(34)35)16-17-31(8)20-24(4)14-15-28(31)19-23(3)13-12-22(2)18-25(5)30(36)26(6)32-27(7)33/h9-17,19,22,24-26,28,30,36H,18,20H2,1-8H3,(H,32,33)(H,34,35)/b11-9+,13-12+,17-16+,21-10-,23-19+/t22-,24-,25+,26-,28-,30+,31-/m1/s1. The fourth-order valence-electron chi connectivity index (χ4n) is 4.87. The van der Waals surface area contributed by atoms with E-state index in [1.165, 1.54) is 12.5 Å². The van der Waals surface area contributed by atoms with Gasteiger partial charge in [0.1, 0.15) is 0 Å². The molecule has 0 aromatic carbocycles. The van der Waals surface area contributed by atoms with E-state index >= 15 is 0 Å². The Morgan fingerprint density at radius 1 is 1.08 bits per heavy atom. The number of hydrogen-bond acceptors (Lipinski definition) is 3. The molecule has 1 aliphatic carbocycles. The fourth-order valence-corrected chi connectivity index (χ4v) is 4.87. The van der Waals surface area contributed by atoms with Crippen molar-refractivity contribution in [2.45, 2.75) is 80.4 Å². The maximum Gasteiger partial charge on any atom is 0.328 e. The Hall–Kier alpha value is -2.66. The van der Waals surface area contributed by atoms with Crippen molar-refractivity contribution in [1.29, 1.82) is 0 Å². The first-order valence-electron chi connectivity index (χ1n) is 13.0. The molecular formula is C31H47NO4. The molecule has 0 fully saturated rings. The topological polar surface area (TPSA) is 86.6 Å². The molecule has 0 saturated heterocycles. The maximum atomic E-state index is 11.3. The number of hydrogen-bond donors (Lipinski definition) is 3. The number of carboxylic acids is 1. The molecule has 0 aliphatic heterocycles. The predicted octanol–water partition coefficient (Wildman–Crippen LogP) is 6.40. The van der Waals surface area contributed by atoms with Crippen molar-refractivity contribution in [3.8, 4) is 0 Å². The van der Waals surface area contributed by atoms with E-state index in [9.17, 15) is 14.7 Å². The van der Waals surface area contributed by atoms with Gasteiger partial charge in [0.2, 0.25) is 5.91 Å². The van der Waals surface area contributed by atoms with E-state index in [2.05, 4.69) is 75.5 Å². The second-order valence-electron chi connectivity index (χ2n) is 11.0. The summed E-state index contributed by atoms with van der Waals surface area (Å²) in [6.07, 6.45) is 21.4. The number of aliphatic carboxylic acids is 1. The third-order valence-corrected chi connectivity index (χ3v) is 6.90. The van der Waals surface area contributed by atoms with Crippen LogP contribution in [-0.4, -0.2) is 34.2 Å². The molecule has 200 valence electrons. The van der Waals surface area contributed by atoms with Crippen LogP contribution >= 0.6 is 0 Å². The molecule has 1 amide bonds. The molecule has 36 heavy (non-hydrogen) atoms. The summed E-state index contributed by atoms with van der Waals surface area (Å²) < 4.78 is 0. The van der Waals surface area contributed by atoms with Gasteiger partial charge in [-0.15, -0.1) is 0 Å². The Labute approximate surface area is 218 Å². The number of aliphatic hydroxyl groups is 1. The minimum Gasteiger partial charge on any atom is -0.478 e. The molecule has 0 spiro atoms. The van der Waals surface area contributed by atoms with Crippen molar-refractivity contribution in [2.75, 3.05) is 0 Å². The quantitative estimate of drug-likeness (QED) is 0.165. The van der Waals surface area contributed by atoms with Crippen molar-refractivity contribution in [2.24, 2.45) is 29.1 Å². The van der Waals surface area contributed by atoms with Crippen LogP contribution in [0, 0.1) is 29.1 Å². The lowest BCUT2D eigenvalue weighted by Crippen LogP contribution is -2.43. The van der Waals surface area contributed by atoms with Crippen LogP contribution in [0.2, 0.25) is 0 Å². The minimum atomic E-state index is -0.950. The van der Waals surface area contributed by atoms with Crippen molar-refractivity contribution >= 4 is 11.9 Å². The van der Waals surface area contributed by atoms with E-state index in [0.717, 1.165) is 24.5 Å². The molecule has 0 unspecified atom stereocenters. The Bertz CT molecular complexity index is 923. The highest BCUT2D eigenvalue weighted by atomic mass is 16.4. The molecule has 0 saturated carbocycles. The number of rotatable bonds is 12. The van der Waals surface area contributed by atoms with Gasteiger partial charge in [-0.1, -0.05) is 93.5 Å². The smallest absolute Gasteiger partial charge is 0.328 e. The summed E-state index contributed by atoms with van der Waals surface area (Å²) in [6.45, 7) is 16.1. The number of aliphatic hydroxyl groups excluding tert-OH is 1. The largest absolute Gasteiger partial charge is 0.478 e. The summed E-state index contributed by atoms with van der Waals surface area (Å²) in [5, 5.41) is 22.1. The lowest BCUT2D eigenvalue weighted by atomic mass is 9.67. The minimum absolute atomic E-state index is 0.0427. The highest BCUT2D eigenvalue weighted by Crippen LogP contribution is 2.42. The van der Waals surface area contributed by atoms with Gasteiger partial charge in [0.25, 0.3) is 0 Å². The summed E-state index contributed by atoms with van der Waals surface area (Å²) in [5.74, 6) is 0.0257. The van der Waals surface area contributed by atoms with Crippen molar-refractivity contribution < 1.29 is 19.8 Å². The Balaban J connectivity index is 2.90. The Kier molecular flexibility index (Phi) is 12.9. The summed E-state index contributed by atoms with van der Waals surface area (Å²) in [6, 6.07) is -0.270. The van der Waals surface area contributed by atoms with Gasteiger partial charge in [-0.25, -0.2) is 4.79 Å². The summed E-state index contributed by atoms with van der Waals surface area (Å²) in [4.78, 5) is 22.0. The molecule has 3 N–H and O–H groups in total. The average molecular weight is 498 g/mol. The summed E-state index contributed by atoms with van der Waals surface area (Å²) >= 11 is 0. The van der Waals surface area contributed by atoms with E-state index in [-0.39, 0.29) is 29.2 Å². The number of nitrogens with one attached hydrogen (secondary N) is 1. The SMILES string of the molecule is CC(=O)N[C@H](C)[C@@H](O)[C@@H](C)C[C@H](C)/C=C/C(C)=C/[C@H]1C=C[C@@H](C)C[C@@]1(C)/C=C/C(C)=C\C=C\C(=O)O. The first kappa shape index (κ1) is 31.4. The first-order chi connectivity index (χ1) is 16.7. The molecule has 5 nitrogen and oxygen atoms in total. The molecule has 0 aromatic heterocycles. The zero-order valence-electron chi connectivity index (χ0n) is 23.4. The molecule has 0 bridgehead atoms. The number of allylic oxidation sites excluding steroid dienone is 11. The van der Waals surface area contributed by atoms with Crippen LogP contribution in [0.3, 0.4) is 0 Å². The van der Waals surface area contributed by atoms with Crippen LogP contribution in [-0.2, 0) is 9.59 Å². The van der Waals surface area contributed by atoms with Crippen LogP contribution in [0.1, 0.15) is 68.2 Å². The van der Waals surface area contributed by atoms with Gasteiger partial charge in [-0.05, 0) is 56.8 Å². The van der Waals surface area contributed by atoms with E-state index in [1.54, 1.807) is 6.08 Å². The van der Waals surface area contributed by atoms with Gasteiger partial charge in [0, 0.05) is 18.9 Å². The highest BCUT2D eigenvalue weighted by molar-refractivity contribution is 5.80. The zero-order valence-corrected chi connectivity index (χ0v) is 23.4. The van der Waals surface area contributed by atoms with Gasteiger partial charge in [-0.3, -0.25) is 4.79 Å². The molecular weight excluding hydrogens is 450 g/mol. The molecule has 0 heterocycles. The first-order valence-corrected chi connectivity index (χ1v) is 13.0. The number of carbonyl (C=O) groups is 2. The Morgan fingerprint density at radius 3 is 2.36 bits per heavy atom. The van der Waals surface area contributed by atoms with E-state index < -0.39 is 12.1 Å². The fraction of sp³-hybridized carbons (Fsp3) is 0.548. The summed E-state index contributed by atoms with van der Waals surface area (Å²) in [5.41, 5.74) is 2.16. The summed E-state index contributed by atoms with van der Waals surface area (Å²) in [7, 11) is 0. The average Bonchev–Trinajstić information content (AvgIpc) is 2.77. The normalized spacial score (nSPS) is 26.9. The highest BCUT2D eigenvalue weighted by Gasteiger charge is 2.33. The van der Waals surface area contributed by atoms with Crippen molar-refractivity contribution in [1.82, 2.24) is 5.32 Å². The number of carbonyl (C=O) groups excluding carboxylic acids is 1. The van der Waals surface area contributed by atoms with Gasteiger partial charge in [0.15, 0.2) is 0 Å². The van der Waals surface area contributed by atoms with Crippen LogP contribution in [0.15, 0.2) is 71.9 Å². The number of amides is 1. The zero-order chi connectivity index (χ0) is 27.5. The maximum absolute atomic E-state index is 11.3. The van der Waals surface area contributed by atoms with Crippen LogP contribution in [0.4, 0.5) is 0 Å². The van der Waals surface area contributed by atoms with E-state index in [0.29, 0.717) is 11.8 Å². The number of carboxylic acid groups (broad SMARTS) is 1. The molecule has 7 atom stereocenters. The lowest BCUT2D eigenvalue weighted by molar-refractivity contribution is -0.131. The van der Waals surface area contributed by atoms with Crippen LogP contribution in [0.5, 0.6) is 0 Å². The second kappa shape index (κ2) is 14.8. The lowest BCUT2D eigenvalue weighted by Gasteiger charge is -2.37. The van der Waals surface area contributed by atoms with Crippen molar-refractivity contribution in [3.05, 3.63) is 71.9 Å². The van der Waals surface area contributed by atoms with Crippen molar-refractivity contribution in [3.63, 3.8) is 0 Å². The van der Waals surface area contributed by atoms with Crippen LogP contribution in [0.25, 0.3) is 0 Å². The molecule has 0 radical (unpaired) electrons. The van der Waals surface area contributed by atoms with Gasteiger partial charge in [0.05, 0.1) is 12.1 Å². The monoisotopic (exact) mass is 497 g/mol. The van der Waals surface area contributed by atoms with E-state index in [4.69, 9.17) is 5.11 Å². The molecule has 0 aromatic rings. The molecule has 1 aliphatic rings. The van der Waals surface area contributed by atoms with Gasteiger partial charge >= 0.3 is 5.97 Å². The van der Waals surface area contributed by atoms with Gasteiger partial charge in [-0.2, -0.15) is 0 Å². The predicted molar refractivity (Wildman–Crippen MR) is 149 cm³/mol. The third-order valence-electron chi connectivity index (χ3n) is 6.90. The second-order valence-corrected chi connectivity index (χ2v) is 11.0. The van der Waals surface area contributed by atoms with E-state index in [1.807, 2.05) is 26.8 Å². The van der Waals surface area contributed by atoms with Crippen LogP contribution < -0.4 is 5.32 Å². The molecule has 5 heteroatoms. The third kappa shape index (κ3) is 11.4.